The smallest absolute Gasteiger partial charge is 0.240 e. The minimum atomic E-state index is -0.599. The number of hydrogen-bond acceptors (Lipinski definition) is 3. The SMILES string of the molecule is CC1CCCCC1OCC(NC1CC1)(C(N)=O)C1CC1. The molecular weight excluding hydrogens is 252 g/mol. The highest BCUT2D eigenvalue weighted by atomic mass is 16.5. The third-order valence-electron chi connectivity index (χ3n) is 5.31. The zero-order chi connectivity index (χ0) is 14.2. The molecule has 3 fully saturated rings. The van der Waals surface area contributed by atoms with Crippen molar-refractivity contribution in [3.8, 4) is 0 Å². The summed E-state index contributed by atoms with van der Waals surface area (Å²) in [6.07, 6.45) is 9.78. The summed E-state index contributed by atoms with van der Waals surface area (Å²) in [5.74, 6) is 0.782. The second kappa shape index (κ2) is 5.64. The van der Waals surface area contributed by atoms with E-state index in [1.807, 2.05) is 0 Å². The summed E-state index contributed by atoms with van der Waals surface area (Å²) in [6, 6.07) is 0.482. The molecule has 0 spiro atoms. The van der Waals surface area contributed by atoms with Crippen molar-refractivity contribution in [3.63, 3.8) is 0 Å². The maximum atomic E-state index is 12.1. The van der Waals surface area contributed by atoms with Crippen molar-refractivity contribution < 1.29 is 9.53 Å². The van der Waals surface area contributed by atoms with Gasteiger partial charge in [0.05, 0.1) is 12.7 Å². The largest absolute Gasteiger partial charge is 0.375 e. The van der Waals surface area contributed by atoms with Gasteiger partial charge in [0, 0.05) is 6.04 Å². The van der Waals surface area contributed by atoms with Crippen LogP contribution in [0.4, 0.5) is 0 Å². The Labute approximate surface area is 121 Å². The Morgan fingerprint density at radius 1 is 1.20 bits per heavy atom. The zero-order valence-electron chi connectivity index (χ0n) is 12.6. The van der Waals surface area contributed by atoms with Crippen LogP contribution in [0.15, 0.2) is 0 Å². The summed E-state index contributed by atoms with van der Waals surface area (Å²) in [6.45, 7) is 2.74. The molecule has 0 heterocycles. The lowest BCUT2D eigenvalue weighted by Gasteiger charge is -2.36. The van der Waals surface area contributed by atoms with Crippen molar-refractivity contribution in [2.24, 2.45) is 17.6 Å². The Bertz CT molecular complexity index is 365. The number of amides is 1. The normalized spacial score (nSPS) is 33.6. The van der Waals surface area contributed by atoms with Gasteiger partial charge in [-0.2, -0.15) is 0 Å². The van der Waals surface area contributed by atoms with Gasteiger partial charge in [-0.3, -0.25) is 10.1 Å². The maximum Gasteiger partial charge on any atom is 0.240 e. The van der Waals surface area contributed by atoms with Crippen LogP contribution in [-0.4, -0.2) is 30.2 Å². The fourth-order valence-corrected chi connectivity index (χ4v) is 3.56. The highest BCUT2D eigenvalue weighted by Gasteiger charge is 2.52. The van der Waals surface area contributed by atoms with Crippen LogP contribution in [0, 0.1) is 11.8 Å². The maximum absolute atomic E-state index is 12.1. The van der Waals surface area contributed by atoms with Gasteiger partial charge in [-0.1, -0.05) is 19.8 Å². The molecular formula is C16H28N2O2. The average Bonchev–Trinajstić information content (AvgIpc) is 3.27. The molecule has 3 aliphatic carbocycles. The number of carbonyl (C=O) groups is 1. The molecule has 114 valence electrons. The Kier molecular flexibility index (Phi) is 4.04. The second-order valence-corrected chi connectivity index (χ2v) is 7.14. The summed E-state index contributed by atoms with van der Waals surface area (Å²) in [5, 5.41) is 3.52. The van der Waals surface area contributed by atoms with Crippen LogP contribution in [0.5, 0.6) is 0 Å². The van der Waals surface area contributed by atoms with Crippen molar-refractivity contribution >= 4 is 5.91 Å². The molecule has 0 aromatic heterocycles. The van der Waals surface area contributed by atoms with Gasteiger partial charge in [0.2, 0.25) is 5.91 Å². The van der Waals surface area contributed by atoms with E-state index in [2.05, 4.69) is 12.2 Å². The number of ether oxygens (including phenoxy) is 1. The van der Waals surface area contributed by atoms with Crippen LogP contribution in [0.3, 0.4) is 0 Å². The molecule has 3 aliphatic rings. The Morgan fingerprint density at radius 3 is 2.45 bits per heavy atom. The molecule has 1 amide bonds. The quantitative estimate of drug-likeness (QED) is 0.749. The van der Waals surface area contributed by atoms with Gasteiger partial charge in [0.15, 0.2) is 0 Å². The van der Waals surface area contributed by atoms with Crippen LogP contribution in [-0.2, 0) is 9.53 Å². The number of nitrogens with one attached hydrogen (secondary N) is 1. The van der Waals surface area contributed by atoms with Crippen LogP contribution in [0.2, 0.25) is 0 Å². The van der Waals surface area contributed by atoms with E-state index in [1.54, 1.807) is 0 Å². The fraction of sp³-hybridized carbons (Fsp3) is 0.938. The third-order valence-corrected chi connectivity index (χ3v) is 5.31. The predicted octanol–water partition coefficient (Wildman–Crippen LogP) is 1.97. The summed E-state index contributed by atoms with van der Waals surface area (Å²) in [4.78, 5) is 12.1. The standard InChI is InChI=1S/C16H28N2O2/c1-11-4-2-3-5-14(11)20-10-16(15(17)19,12-6-7-12)18-13-8-9-13/h11-14,18H,2-10H2,1H3,(H2,17,19). The highest BCUT2D eigenvalue weighted by Crippen LogP contribution is 2.42. The molecule has 0 aliphatic heterocycles. The number of hydrogen-bond donors (Lipinski definition) is 2. The molecule has 3 atom stereocenters. The summed E-state index contributed by atoms with van der Waals surface area (Å²) >= 11 is 0. The summed E-state index contributed by atoms with van der Waals surface area (Å²) < 4.78 is 6.19. The first kappa shape index (κ1) is 14.3. The van der Waals surface area contributed by atoms with E-state index >= 15 is 0 Å². The van der Waals surface area contributed by atoms with Crippen LogP contribution in [0.1, 0.15) is 58.3 Å². The molecule has 4 heteroatoms. The average molecular weight is 280 g/mol. The van der Waals surface area contributed by atoms with Gasteiger partial charge in [-0.15, -0.1) is 0 Å². The molecule has 20 heavy (non-hydrogen) atoms. The van der Waals surface area contributed by atoms with E-state index < -0.39 is 5.54 Å². The van der Waals surface area contributed by atoms with Crippen molar-refractivity contribution in [2.45, 2.75) is 76.0 Å². The van der Waals surface area contributed by atoms with E-state index in [0.29, 0.717) is 30.6 Å². The fourth-order valence-electron chi connectivity index (χ4n) is 3.56. The van der Waals surface area contributed by atoms with Gasteiger partial charge in [0.1, 0.15) is 5.54 Å². The Balaban J connectivity index is 1.64. The number of primary amides is 1. The van der Waals surface area contributed by atoms with Crippen molar-refractivity contribution in [1.82, 2.24) is 5.32 Å². The number of nitrogens with two attached hydrogens (primary N) is 1. The van der Waals surface area contributed by atoms with Gasteiger partial charge < -0.3 is 10.5 Å². The second-order valence-electron chi connectivity index (χ2n) is 7.14. The lowest BCUT2D eigenvalue weighted by Crippen LogP contribution is -2.61. The minimum absolute atomic E-state index is 0.213. The minimum Gasteiger partial charge on any atom is -0.375 e. The highest BCUT2D eigenvalue weighted by molar-refractivity contribution is 5.86. The van der Waals surface area contributed by atoms with E-state index in [4.69, 9.17) is 10.5 Å². The number of carbonyl (C=O) groups excluding carboxylic acids is 1. The van der Waals surface area contributed by atoms with E-state index in [0.717, 1.165) is 19.3 Å². The van der Waals surface area contributed by atoms with Crippen LogP contribution < -0.4 is 11.1 Å². The molecule has 4 nitrogen and oxygen atoms in total. The Morgan fingerprint density at radius 2 is 1.90 bits per heavy atom. The molecule has 0 aromatic carbocycles. The van der Waals surface area contributed by atoms with Crippen molar-refractivity contribution in [3.05, 3.63) is 0 Å². The Hall–Kier alpha value is -0.610. The topological polar surface area (TPSA) is 64.3 Å². The van der Waals surface area contributed by atoms with E-state index in [9.17, 15) is 4.79 Å². The monoisotopic (exact) mass is 280 g/mol. The summed E-state index contributed by atoms with van der Waals surface area (Å²) in [7, 11) is 0. The molecule has 0 saturated heterocycles. The molecule has 0 radical (unpaired) electrons. The third kappa shape index (κ3) is 3.01. The van der Waals surface area contributed by atoms with E-state index in [1.165, 1.54) is 32.1 Å². The lowest BCUT2D eigenvalue weighted by atomic mass is 9.87. The van der Waals surface area contributed by atoms with Crippen molar-refractivity contribution in [2.75, 3.05) is 6.61 Å². The molecule has 3 N–H and O–H groups in total. The molecule has 3 unspecified atom stereocenters. The summed E-state index contributed by atoms with van der Waals surface area (Å²) in [5.41, 5.74) is 5.16. The van der Waals surface area contributed by atoms with Crippen LogP contribution in [0.25, 0.3) is 0 Å². The molecule has 3 rings (SSSR count). The lowest BCUT2D eigenvalue weighted by molar-refractivity contribution is -0.131. The van der Waals surface area contributed by atoms with Gasteiger partial charge in [0.25, 0.3) is 0 Å². The van der Waals surface area contributed by atoms with Gasteiger partial charge in [-0.25, -0.2) is 0 Å². The predicted molar refractivity (Wildman–Crippen MR) is 78.2 cm³/mol. The van der Waals surface area contributed by atoms with Crippen LogP contribution >= 0.6 is 0 Å². The first-order chi connectivity index (χ1) is 9.62. The molecule has 3 saturated carbocycles. The number of rotatable bonds is 7. The first-order valence-corrected chi connectivity index (χ1v) is 8.31. The zero-order valence-corrected chi connectivity index (χ0v) is 12.6. The van der Waals surface area contributed by atoms with E-state index in [-0.39, 0.29) is 5.91 Å². The van der Waals surface area contributed by atoms with Crippen molar-refractivity contribution in [1.29, 1.82) is 0 Å². The molecule has 0 bridgehead atoms. The van der Waals surface area contributed by atoms with Gasteiger partial charge in [-0.05, 0) is 50.4 Å². The first-order valence-electron chi connectivity index (χ1n) is 8.31. The molecule has 0 aromatic rings. The van der Waals surface area contributed by atoms with Gasteiger partial charge >= 0.3 is 0 Å².